The molecule has 0 saturated carbocycles. The van der Waals surface area contributed by atoms with E-state index in [0.717, 1.165) is 27.4 Å². The van der Waals surface area contributed by atoms with E-state index in [1.165, 1.54) is 11.3 Å². The zero-order valence-corrected chi connectivity index (χ0v) is 13.3. The number of rotatable bonds is 5. The van der Waals surface area contributed by atoms with Crippen molar-refractivity contribution in [1.29, 1.82) is 0 Å². The Balaban J connectivity index is 2.32. The van der Waals surface area contributed by atoms with Gasteiger partial charge in [-0.2, -0.15) is 0 Å². The zero-order valence-electron chi connectivity index (χ0n) is 10.9. The molecule has 0 saturated heterocycles. The average molecular weight is 301 g/mol. The molecule has 0 aliphatic heterocycles. The minimum atomic E-state index is 0.360. The van der Waals surface area contributed by atoms with Crippen LogP contribution in [0, 0.1) is 5.92 Å². The number of nitrogens with zero attached hydrogens (tertiary/aromatic N) is 2. The lowest BCUT2D eigenvalue weighted by atomic mass is 10.2. The first-order chi connectivity index (χ1) is 8.63. The molecular weight excluding hydrogens is 284 g/mol. The number of thioether (sulfide) groups is 1. The van der Waals surface area contributed by atoms with Crippen molar-refractivity contribution in [2.45, 2.75) is 38.6 Å². The second kappa shape index (κ2) is 6.22. The van der Waals surface area contributed by atoms with Gasteiger partial charge in [0.15, 0.2) is 0 Å². The maximum absolute atomic E-state index is 6.00. The topological polar surface area (TPSA) is 25.8 Å². The highest BCUT2D eigenvalue weighted by molar-refractivity contribution is 7.99. The smallest absolute Gasteiger partial charge is 0.211 e. The van der Waals surface area contributed by atoms with Crippen LogP contribution < -0.4 is 0 Å². The maximum Gasteiger partial charge on any atom is 0.224 e. The zero-order chi connectivity index (χ0) is 13.1. The number of halogens is 1. The maximum atomic E-state index is 6.00. The molecule has 18 heavy (non-hydrogen) atoms. The van der Waals surface area contributed by atoms with Gasteiger partial charge in [-0.25, -0.2) is 9.97 Å². The fourth-order valence-corrected chi connectivity index (χ4v) is 3.98. The molecule has 2 rings (SSSR count). The van der Waals surface area contributed by atoms with Crippen molar-refractivity contribution in [1.82, 2.24) is 9.97 Å². The Morgan fingerprint density at radius 1 is 1.39 bits per heavy atom. The number of hydrogen-bond donors (Lipinski definition) is 0. The highest BCUT2D eigenvalue weighted by atomic mass is 35.5. The standard InChI is InChI=1S/C13H17ClN2S2/c1-4-8(3)7-17-11-10-6-9(5-2)18-12(10)16-13(14)15-11/h6,8H,4-5,7H2,1-3H3. The second-order valence-corrected chi connectivity index (χ2v) is 6.87. The van der Waals surface area contributed by atoms with E-state index in [1.54, 1.807) is 23.1 Å². The molecule has 2 aromatic rings. The van der Waals surface area contributed by atoms with Gasteiger partial charge in [0.1, 0.15) is 9.86 Å². The third kappa shape index (κ3) is 3.16. The van der Waals surface area contributed by atoms with Crippen LogP contribution in [-0.2, 0) is 6.42 Å². The molecule has 0 spiro atoms. The fraction of sp³-hybridized carbons (Fsp3) is 0.538. The summed E-state index contributed by atoms with van der Waals surface area (Å²) in [4.78, 5) is 11.0. The lowest BCUT2D eigenvalue weighted by Crippen LogP contribution is -1.96. The van der Waals surface area contributed by atoms with E-state index >= 15 is 0 Å². The van der Waals surface area contributed by atoms with Crippen LogP contribution in [0.3, 0.4) is 0 Å². The normalized spacial score (nSPS) is 13.1. The van der Waals surface area contributed by atoms with E-state index in [4.69, 9.17) is 11.6 Å². The number of hydrogen-bond acceptors (Lipinski definition) is 4. The average Bonchev–Trinajstić information content (AvgIpc) is 2.78. The number of fused-ring (bicyclic) bond motifs is 1. The molecule has 0 N–H and O–H groups in total. The molecule has 2 heterocycles. The van der Waals surface area contributed by atoms with Gasteiger partial charge in [0.2, 0.25) is 5.28 Å². The molecule has 2 nitrogen and oxygen atoms in total. The van der Waals surface area contributed by atoms with E-state index in [2.05, 4.69) is 36.8 Å². The molecular formula is C13H17ClN2S2. The highest BCUT2D eigenvalue weighted by Crippen LogP contribution is 2.33. The van der Waals surface area contributed by atoms with Crippen molar-refractivity contribution in [2.24, 2.45) is 5.92 Å². The molecule has 0 aromatic carbocycles. The molecule has 98 valence electrons. The first-order valence-electron chi connectivity index (χ1n) is 6.22. The Kier molecular flexibility index (Phi) is 4.87. The van der Waals surface area contributed by atoms with Gasteiger partial charge < -0.3 is 0 Å². The molecule has 0 aliphatic rings. The van der Waals surface area contributed by atoms with Crippen LogP contribution in [0.2, 0.25) is 5.28 Å². The van der Waals surface area contributed by atoms with Crippen molar-refractivity contribution >= 4 is 44.9 Å². The van der Waals surface area contributed by atoms with Crippen molar-refractivity contribution in [2.75, 3.05) is 5.75 Å². The Bertz CT molecular complexity index is 539. The van der Waals surface area contributed by atoms with Gasteiger partial charge >= 0.3 is 0 Å². The summed E-state index contributed by atoms with van der Waals surface area (Å²) in [5.74, 6) is 1.78. The lowest BCUT2D eigenvalue weighted by Gasteiger charge is -2.07. The van der Waals surface area contributed by atoms with Gasteiger partial charge in [0.05, 0.1) is 0 Å². The molecule has 0 bridgehead atoms. The van der Waals surface area contributed by atoms with Gasteiger partial charge in [-0.15, -0.1) is 23.1 Å². The molecule has 0 radical (unpaired) electrons. The molecule has 0 amide bonds. The predicted molar refractivity (Wildman–Crippen MR) is 82.0 cm³/mol. The molecule has 0 aliphatic carbocycles. The largest absolute Gasteiger partial charge is 0.224 e. The summed E-state index contributed by atoms with van der Waals surface area (Å²) in [7, 11) is 0. The van der Waals surface area contributed by atoms with Crippen molar-refractivity contribution in [3.05, 3.63) is 16.2 Å². The quantitative estimate of drug-likeness (QED) is 0.439. The van der Waals surface area contributed by atoms with Crippen molar-refractivity contribution in [3.8, 4) is 0 Å². The summed E-state index contributed by atoms with van der Waals surface area (Å²) in [5, 5.41) is 2.55. The molecule has 5 heteroatoms. The van der Waals surface area contributed by atoms with Crippen LogP contribution >= 0.6 is 34.7 Å². The van der Waals surface area contributed by atoms with Crippen molar-refractivity contribution < 1.29 is 0 Å². The molecule has 1 atom stereocenters. The van der Waals surface area contributed by atoms with Crippen LogP contribution in [0.4, 0.5) is 0 Å². The SMILES string of the molecule is CCc1cc2c(SCC(C)CC)nc(Cl)nc2s1. The van der Waals surface area contributed by atoms with Crippen LogP contribution in [-0.4, -0.2) is 15.7 Å². The number of thiophene rings is 1. The molecule has 2 aromatic heterocycles. The third-order valence-electron chi connectivity index (χ3n) is 2.93. The van der Waals surface area contributed by atoms with Crippen LogP contribution in [0.25, 0.3) is 10.2 Å². The van der Waals surface area contributed by atoms with Crippen LogP contribution in [0.15, 0.2) is 11.1 Å². The Labute approximate surface area is 121 Å². The van der Waals surface area contributed by atoms with E-state index in [0.29, 0.717) is 11.2 Å². The van der Waals surface area contributed by atoms with Crippen molar-refractivity contribution in [3.63, 3.8) is 0 Å². The first kappa shape index (κ1) is 14.1. The number of aromatic nitrogens is 2. The van der Waals surface area contributed by atoms with Crippen LogP contribution in [0.5, 0.6) is 0 Å². The van der Waals surface area contributed by atoms with Gasteiger partial charge in [-0.05, 0) is 30.0 Å². The van der Waals surface area contributed by atoms with Crippen LogP contribution in [0.1, 0.15) is 32.1 Å². The molecule has 1 unspecified atom stereocenters. The summed E-state index contributed by atoms with van der Waals surface area (Å²) in [6, 6.07) is 2.20. The summed E-state index contributed by atoms with van der Waals surface area (Å²) in [6.45, 7) is 6.64. The fourth-order valence-electron chi connectivity index (χ4n) is 1.54. The monoisotopic (exact) mass is 300 g/mol. The minimum Gasteiger partial charge on any atom is -0.211 e. The van der Waals surface area contributed by atoms with Gasteiger partial charge in [0, 0.05) is 16.0 Å². The Morgan fingerprint density at radius 3 is 2.83 bits per heavy atom. The molecule has 0 fully saturated rings. The lowest BCUT2D eigenvalue weighted by molar-refractivity contribution is 0.636. The van der Waals surface area contributed by atoms with Gasteiger partial charge in [-0.3, -0.25) is 0 Å². The predicted octanol–water partition coefficient (Wildman–Crippen LogP) is 5.05. The highest BCUT2D eigenvalue weighted by Gasteiger charge is 2.12. The first-order valence-corrected chi connectivity index (χ1v) is 8.40. The third-order valence-corrected chi connectivity index (χ3v) is 5.59. The van der Waals surface area contributed by atoms with Gasteiger partial charge in [0.25, 0.3) is 0 Å². The van der Waals surface area contributed by atoms with E-state index in [9.17, 15) is 0 Å². The summed E-state index contributed by atoms with van der Waals surface area (Å²) in [5.41, 5.74) is 0. The Hall–Kier alpha value is -0.320. The summed E-state index contributed by atoms with van der Waals surface area (Å²) in [6.07, 6.45) is 2.23. The second-order valence-electron chi connectivity index (χ2n) is 4.41. The number of aryl methyl sites for hydroxylation is 1. The summed E-state index contributed by atoms with van der Waals surface area (Å²) < 4.78 is 0. The van der Waals surface area contributed by atoms with E-state index < -0.39 is 0 Å². The summed E-state index contributed by atoms with van der Waals surface area (Å²) >= 11 is 9.50. The Morgan fingerprint density at radius 2 is 2.17 bits per heavy atom. The van der Waals surface area contributed by atoms with Gasteiger partial charge in [-0.1, -0.05) is 27.2 Å². The van der Waals surface area contributed by atoms with E-state index in [-0.39, 0.29) is 0 Å². The minimum absolute atomic E-state index is 0.360. The van der Waals surface area contributed by atoms with E-state index in [1.807, 2.05) is 0 Å².